The van der Waals surface area contributed by atoms with Crippen molar-refractivity contribution in [1.82, 2.24) is 9.97 Å². The van der Waals surface area contributed by atoms with Crippen LogP contribution in [0.25, 0.3) is 0 Å². The summed E-state index contributed by atoms with van der Waals surface area (Å²) in [5, 5.41) is 2.10. The van der Waals surface area contributed by atoms with Crippen LogP contribution in [-0.4, -0.2) is 36.1 Å². The Bertz CT molecular complexity index is 685. The maximum Gasteiger partial charge on any atom is 0.376 e. The van der Waals surface area contributed by atoms with Crippen molar-refractivity contribution in [3.05, 3.63) is 39.5 Å². The molecule has 3 rings (SSSR count). The van der Waals surface area contributed by atoms with Gasteiger partial charge in [-0.2, -0.15) is 0 Å². The number of carbonyl (C=O) groups excluding carboxylic acids is 1. The van der Waals surface area contributed by atoms with Crippen molar-refractivity contribution in [2.45, 2.75) is 32.6 Å². The van der Waals surface area contributed by atoms with Crippen molar-refractivity contribution in [3.8, 4) is 0 Å². The van der Waals surface area contributed by atoms with E-state index < -0.39 is 5.97 Å². The molecule has 0 aliphatic heterocycles. The molecule has 1 aliphatic carbocycles. The monoisotopic (exact) mass is 331 g/mol. The zero-order chi connectivity index (χ0) is 16.2. The van der Waals surface area contributed by atoms with Crippen molar-refractivity contribution in [1.29, 1.82) is 0 Å². The Labute approximate surface area is 140 Å². The molecule has 0 saturated carbocycles. The first-order valence-corrected chi connectivity index (χ1v) is 8.86. The van der Waals surface area contributed by atoms with Gasteiger partial charge in [0.05, 0.1) is 12.8 Å². The van der Waals surface area contributed by atoms with E-state index in [4.69, 9.17) is 4.74 Å². The summed E-state index contributed by atoms with van der Waals surface area (Å²) in [6.07, 6.45) is 3.96. The molecular weight excluding hydrogens is 310 g/mol. The minimum atomic E-state index is -0.463. The van der Waals surface area contributed by atoms with E-state index in [2.05, 4.69) is 39.3 Å². The highest BCUT2D eigenvalue weighted by atomic mass is 32.1. The third-order valence-electron chi connectivity index (χ3n) is 4.17. The maximum atomic E-state index is 11.9. The second-order valence-corrected chi connectivity index (χ2v) is 6.58. The lowest BCUT2D eigenvalue weighted by Gasteiger charge is -2.24. The molecule has 6 heteroatoms. The van der Waals surface area contributed by atoms with Crippen LogP contribution < -0.4 is 4.90 Å². The van der Waals surface area contributed by atoms with Gasteiger partial charge in [0.15, 0.2) is 0 Å². The predicted molar refractivity (Wildman–Crippen MR) is 91.3 cm³/mol. The van der Waals surface area contributed by atoms with Gasteiger partial charge in [0.1, 0.15) is 5.82 Å². The first-order chi connectivity index (χ1) is 11.2. The number of carbonyl (C=O) groups is 1. The van der Waals surface area contributed by atoms with E-state index >= 15 is 0 Å². The number of aryl methyl sites for hydroxylation is 1. The number of esters is 1. The van der Waals surface area contributed by atoms with E-state index in [9.17, 15) is 4.79 Å². The summed E-state index contributed by atoms with van der Waals surface area (Å²) in [5.41, 5.74) is 2.20. The van der Waals surface area contributed by atoms with E-state index in [0.717, 1.165) is 50.3 Å². The van der Waals surface area contributed by atoms with Crippen LogP contribution in [-0.2, 0) is 24.0 Å². The number of thiophene rings is 1. The van der Waals surface area contributed by atoms with Gasteiger partial charge in [0.2, 0.25) is 5.82 Å². The van der Waals surface area contributed by atoms with Gasteiger partial charge in [0, 0.05) is 23.5 Å². The number of rotatable bonds is 6. The highest BCUT2D eigenvalue weighted by Crippen LogP contribution is 2.29. The fourth-order valence-electron chi connectivity index (χ4n) is 2.97. The second-order valence-electron chi connectivity index (χ2n) is 5.55. The molecule has 0 unspecified atom stereocenters. The molecule has 122 valence electrons. The highest BCUT2D eigenvalue weighted by Gasteiger charge is 2.24. The molecule has 2 aromatic rings. The van der Waals surface area contributed by atoms with E-state index in [0.29, 0.717) is 0 Å². The van der Waals surface area contributed by atoms with Gasteiger partial charge in [-0.1, -0.05) is 6.07 Å². The topological polar surface area (TPSA) is 55.3 Å². The first-order valence-electron chi connectivity index (χ1n) is 7.98. The van der Waals surface area contributed by atoms with Crippen LogP contribution >= 0.6 is 11.3 Å². The summed E-state index contributed by atoms with van der Waals surface area (Å²) < 4.78 is 4.80. The van der Waals surface area contributed by atoms with E-state index in [1.165, 1.54) is 17.6 Å². The van der Waals surface area contributed by atoms with Crippen molar-refractivity contribution in [3.63, 3.8) is 0 Å². The number of nitrogens with zero attached hydrogens (tertiary/aromatic N) is 3. The van der Waals surface area contributed by atoms with E-state index in [1.54, 1.807) is 11.3 Å². The lowest BCUT2D eigenvalue weighted by atomic mass is 10.2. The molecule has 1 aliphatic rings. The summed E-state index contributed by atoms with van der Waals surface area (Å²) in [5.74, 6) is 0.625. The number of hydrogen-bond donors (Lipinski definition) is 0. The van der Waals surface area contributed by atoms with Crippen LogP contribution in [0, 0.1) is 0 Å². The molecule has 5 nitrogen and oxygen atoms in total. The Hall–Kier alpha value is -1.95. The van der Waals surface area contributed by atoms with Crippen molar-refractivity contribution < 1.29 is 9.53 Å². The quantitative estimate of drug-likeness (QED) is 0.762. The number of hydrogen-bond acceptors (Lipinski definition) is 6. The highest BCUT2D eigenvalue weighted by molar-refractivity contribution is 7.09. The molecule has 0 aromatic carbocycles. The Morgan fingerprint density at radius 2 is 2.26 bits per heavy atom. The molecule has 0 saturated heterocycles. The van der Waals surface area contributed by atoms with Gasteiger partial charge < -0.3 is 9.64 Å². The molecule has 0 amide bonds. The number of anilines is 1. The summed E-state index contributed by atoms with van der Waals surface area (Å²) in [4.78, 5) is 24.4. The Morgan fingerprint density at radius 1 is 1.39 bits per heavy atom. The summed E-state index contributed by atoms with van der Waals surface area (Å²) >= 11 is 1.77. The molecule has 2 aromatic heterocycles. The standard InChI is InChI=1S/C17H21N3O2S/c1-3-20(10-9-12-6-5-11-23-12)16-13-7-4-8-14(13)18-15(19-16)17(21)22-2/h5-6,11H,3-4,7-10H2,1-2H3. The average Bonchev–Trinajstić information content (AvgIpc) is 3.25. The molecule has 0 spiro atoms. The lowest BCUT2D eigenvalue weighted by Crippen LogP contribution is -2.28. The Morgan fingerprint density at radius 3 is 2.96 bits per heavy atom. The molecule has 23 heavy (non-hydrogen) atoms. The van der Waals surface area contributed by atoms with Gasteiger partial charge >= 0.3 is 5.97 Å². The van der Waals surface area contributed by atoms with Gasteiger partial charge in [-0.15, -0.1) is 11.3 Å². The number of likely N-dealkylation sites (N-methyl/N-ethyl adjacent to an activating group) is 1. The first kappa shape index (κ1) is 15.9. The Kier molecular flexibility index (Phi) is 4.91. The van der Waals surface area contributed by atoms with Crippen molar-refractivity contribution >= 4 is 23.1 Å². The van der Waals surface area contributed by atoms with Crippen LogP contribution in [0.4, 0.5) is 5.82 Å². The molecule has 0 radical (unpaired) electrons. The predicted octanol–water partition coefficient (Wildman–Crippen LogP) is 2.88. The van der Waals surface area contributed by atoms with Crippen LogP contribution in [0.3, 0.4) is 0 Å². The van der Waals surface area contributed by atoms with E-state index in [-0.39, 0.29) is 5.82 Å². The largest absolute Gasteiger partial charge is 0.463 e. The summed E-state index contributed by atoms with van der Waals surface area (Å²) in [6, 6.07) is 4.23. The van der Waals surface area contributed by atoms with Crippen LogP contribution in [0.15, 0.2) is 17.5 Å². The van der Waals surface area contributed by atoms with Crippen molar-refractivity contribution in [2.75, 3.05) is 25.1 Å². The SMILES string of the molecule is CCN(CCc1cccs1)c1nc(C(=O)OC)nc2c1CCC2. The van der Waals surface area contributed by atoms with E-state index in [1.807, 2.05) is 0 Å². The molecular formula is C17H21N3O2S. The van der Waals surface area contributed by atoms with Gasteiger partial charge in [-0.05, 0) is 44.1 Å². The number of fused-ring (bicyclic) bond motifs is 1. The second kappa shape index (κ2) is 7.08. The minimum Gasteiger partial charge on any atom is -0.463 e. The fourth-order valence-corrected chi connectivity index (χ4v) is 3.67. The Balaban J connectivity index is 1.89. The van der Waals surface area contributed by atoms with Crippen LogP contribution in [0.1, 0.15) is 40.1 Å². The van der Waals surface area contributed by atoms with Crippen LogP contribution in [0.5, 0.6) is 0 Å². The molecule has 2 heterocycles. The summed E-state index contributed by atoms with van der Waals surface area (Å²) in [7, 11) is 1.37. The molecule has 0 atom stereocenters. The third-order valence-corrected chi connectivity index (χ3v) is 5.10. The van der Waals surface area contributed by atoms with Crippen molar-refractivity contribution in [2.24, 2.45) is 0 Å². The maximum absolute atomic E-state index is 11.9. The average molecular weight is 331 g/mol. The third kappa shape index (κ3) is 3.37. The number of methoxy groups -OCH3 is 1. The van der Waals surface area contributed by atoms with Crippen LogP contribution in [0.2, 0.25) is 0 Å². The zero-order valence-corrected chi connectivity index (χ0v) is 14.4. The number of aromatic nitrogens is 2. The number of ether oxygens (including phenoxy) is 1. The minimum absolute atomic E-state index is 0.178. The normalized spacial score (nSPS) is 13.0. The van der Waals surface area contributed by atoms with Gasteiger partial charge in [-0.3, -0.25) is 0 Å². The lowest BCUT2D eigenvalue weighted by molar-refractivity contribution is 0.0586. The smallest absolute Gasteiger partial charge is 0.376 e. The molecule has 0 bridgehead atoms. The summed E-state index contributed by atoms with van der Waals surface area (Å²) in [6.45, 7) is 3.87. The van der Waals surface area contributed by atoms with Gasteiger partial charge in [0.25, 0.3) is 0 Å². The van der Waals surface area contributed by atoms with Gasteiger partial charge in [-0.25, -0.2) is 14.8 Å². The molecule has 0 N–H and O–H groups in total. The molecule has 0 fully saturated rings. The zero-order valence-electron chi connectivity index (χ0n) is 13.5. The fraction of sp³-hybridized carbons (Fsp3) is 0.471.